The van der Waals surface area contributed by atoms with E-state index in [1.54, 1.807) is 6.92 Å². The highest BCUT2D eigenvalue weighted by Gasteiger charge is 2.26. The largest absolute Gasteiger partial charge is 0.421 e. The SMILES string of the molecule is Cc1nnc(C(C)(O)C#Cc2ccccc2)o1. The Bertz CT molecular complexity index is 562. The van der Waals surface area contributed by atoms with Gasteiger partial charge >= 0.3 is 0 Å². The number of aliphatic hydroxyl groups is 1. The normalized spacial score (nSPS) is 13.6. The molecular formula is C13H12N2O2. The second kappa shape index (κ2) is 4.40. The summed E-state index contributed by atoms with van der Waals surface area (Å²) >= 11 is 0. The minimum absolute atomic E-state index is 0.110. The van der Waals surface area contributed by atoms with E-state index in [1.807, 2.05) is 30.3 Å². The van der Waals surface area contributed by atoms with Gasteiger partial charge in [-0.05, 0) is 19.1 Å². The Labute approximate surface area is 99.3 Å². The van der Waals surface area contributed by atoms with Crippen molar-refractivity contribution in [3.8, 4) is 11.8 Å². The molecule has 0 aliphatic heterocycles. The van der Waals surface area contributed by atoms with Crippen LogP contribution in [-0.2, 0) is 5.60 Å². The van der Waals surface area contributed by atoms with Gasteiger partial charge in [0.05, 0.1) is 0 Å². The van der Waals surface area contributed by atoms with Gasteiger partial charge in [0.1, 0.15) is 0 Å². The summed E-state index contributed by atoms with van der Waals surface area (Å²) in [6.07, 6.45) is 0. The molecule has 1 aromatic heterocycles. The highest BCUT2D eigenvalue weighted by molar-refractivity contribution is 5.36. The predicted octanol–water partition coefficient (Wildman–Crippen LogP) is 1.64. The van der Waals surface area contributed by atoms with Crippen LogP contribution in [0.5, 0.6) is 0 Å². The van der Waals surface area contributed by atoms with Crippen molar-refractivity contribution in [2.45, 2.75) is 19.4 Å². The Hall–Kier alpha value is -2.12. The van der Waals surface area contributed by atoms with Gasteiger partial charge < -0.3 is 9.52 Å². The molecule has 0 radical (unpaired) electrons. The molecule has 0 bridgehead atoms. The van der Waals surface area contributed by atoms with Crippen LogP contribution in [0.15, 0.2) is 34.7 Å². The second-order valence-electron chi connectivity index (χ2n) is 3.81. The van der Waals surface area contributed by atoms with Crippen molar-refractivity contribution in [3.05, 3.63) is 47.7 Å². The maximum Gasteiger partial charge on any atom is 0.260 e. The molecule has 0 spiro atoms. The minimum Gasteiger partial charge on any atom is -0.421 e. The fourth-order valence-corrected chi connectivity index (χ4v) is 1.26. The molecule has 0 amide bonds. The van der Waals surface area contributed by atoms with Gasteiger partial charge in [0.2, 0.25) is 11.5 Å². The molecule has 1 aromatic carbocycles. The van der Waals surface area contributed by atoms with E-state index in [0.29, 0.717) is 5.89 Å². The van der Waals surface area contributed by atoms with E-state index in [2.05, 4.69) is 22.0 Å². The average Bonchev–Trinajstić information content (AvgIpc) is 2.76. The molecule has 4 heteroatoms. The fraction of sp³-hybridized carbons (Fsp3) is 0.231. The van der Waals surface area contributed by atoms with Crippen LogP contribution in [0.4, 0.5) is 0 Å². The Morgan fingerprint density at radius 3 is 2.53 bits per heavy atom. The standard InChI is InChI=1S/C13H12N2O2/c1-10-14-15-12(17-10)13(2,16)9-8-11-6-4-3-5-7-11/h3-7,16H,1-2H3. The van der Waals surface area contributed by atoms with Crippen LogP contribution < -0.4 is 0 Å². The summed E-state index contributed by atoms with van der Waals surface area (Å²) in [5, 5.41) is 17.5. The Morgan fingerprint density at radius 1 is 1.24 bits per heavy atom. The average molecular weight is 228 g/mol. The minimum atomic E-state index is -1.43. The van der Waals surface area contributed by atoms with E-state index >= 15 is 0 Å². The van der Waals surface area contributed by atoms with Gasteiger partial charge in [0, 0.05) is 12.5 Å². The highest BCUT2D eigenvalue weighted by Crippen LogP contribution is 2.17. The molecule has 1 atom stereocenters. The van der Waals surface area contributed by atoms with Gasteiger partial charge in [0.25, 0.3) is 5.89 Å². The summed E-state index contributed by atoms with van der Waals surface area (Å²) in [5.41, 5.74) is -0.610. The van der Waals surface area contributed by atoms with E-state index in [-0.39, 0.29) is 5.89 Å². The lowest BCUT2D eigenvalue weighted by Crippen LogP contribution is -2.19. The van der Waals surface area contributed by atoms with Crippen molar-refractivity contribution >= 4 is 0 Å². The molecule has 2 rings (SSSR count). The predicted molar refractivity (Wildman–Crippen MR) is 61.9 cm³/mol. The van der Waals surface area contributed by atoms with E-state index in [4.69, 9.17) is 4.42 Å². The van der Waals surface area contributed by atoms with Gasteiger partial charge in [-0.3, -0.25) is 0 Å². The number of rotatable bonds is 1. The number of hydrogen-bond donors (Lipinski definition) is 1. The third-order valence-corrected chi connectivity index (χ3v) is 2.17. The zero-order chi connectivity index (χ0) is 12.3. The highest BCUT2D eigenvalue weighted by atomic mass is 16.4. The van der Waals surface area contributed by atoms with Gasteiger partial charge in [-0.1, -0.05) is 30.0 Å². The maximum atomic E-state index is 10.1. The first-order valence-corrected chi connectivity index (χ1v) is 5.19. The van der Waals surface area contributed by atoms with Crippen LogP contribution in [0.25, 0.3) is 0 Å². The quantitative estimate of drug-likeness (QED) is 0.754. The Morgan fingerprint density at radius 2 is 1.94 bits per heavy atom. The molecule has 4 nitrogen and oxygen atoms in total. The molecule has 0 fully saturated rings. The number of aryl methyl sites for hydroxylation is 1. The number of hydrogen-bond acceptors (Lipinski definition) is 4. The van der Waals surface area contributed by atoms with Gasteiger partial charge in [-0.2, -0.15) is 0 Å². The van der Waals surface area contributed by atoms with Crippen molar-refractivity contribution in [2.24, 2.45) is 0 Å². The summed E-state index contributed by atoms with van der Waals surface area (Å²) in [7, 11) is 0. The summed E-state index contributed by atoms with van der Waals surface area (Å²) in [5.74, 6) is 6.09. The number of aromatic nitrogens is 2. The van der Waals surface area contributed by atoms with Crippen molar-refractivity contribution in [1.82, 2.24) is 10.2 Å². The Balaban J connectivity index is 2.26. The lowest BCUT2D eigenvalue weighted by atomic mass is 10.1. The molecule has 1 N–H and O–H groups in total. The van der Waals surface area contributed by atoms with Gasteiger partial charge in [-0.25, -0.2) is 0 Å². The monoisotopic (exact) mass is 228 g/mol. The Kier molecular flexibility index (Phi) is 2.94. The summed E-state index contributed by atoms with van der Waals surface area (Å²) < 4.78 is 5.16. The molecule has 17 heavy (non-hydrogen) atoms. The van der Waals surface area contributed by atoms with Crippen molar-refractivity contribution in [1.29, 1.82) is 0 Å². The third kappa shape index (κ3) is 2.71. The molecule has 0 saturated carbocycles. The molecule has 2 aromatic rings. The van der Waals surface area contributed by atoms with Crippen molar-refractivity contribution in [3.63, 3.8) is 0 Å². The molecule has 1 heterocycles. The second-order valence-corrected chi connectivity index (χ2v) is 3.81. The molecule has 86 valence electrons. The molecular weight excluding hydrogens is 216 g/mol. The lowest BCUT2D eigenvalue weighted by Gasteiger charge is -2.09. The fourth-order valence-electron chi connectivity index (χ4n) is 1.26. The van der Waals surface area contributed by atoms with E-state index in [9.17, 15) is 5.11 Å². The van der Waals surface area contributed by atoms with E-state index in [1.165, 1.54) is 6.92 Å². The van der Waals surface area contributed by atoms with Crippen LogP contribution in [0.3, 0.4) is 0 Å². The first-order valence-electron chi connectivity index (χ1n) is 5.19. The van der Waals surface area contributed by atoms with Crippen LogP contribution in [-0.4, -0.2) is 15.3 Å². The topological polar surface area (TPSA) is 59.2 Å². The van der Waals surface area contributed by atoms with E-state index < -0.39 is 5.60 Å². The lowest BCUT2D eigenvalue weighted by molar-refractivity contribution is 0.0881. The molecule has 1 unspecified atom stereocenters. The van der Waals surface area contributed by atoms with Crippen LogP contribution >= 0.6 is 0 Å². The van der Waals surface area contributed by atoms with Gasteiger partial charge in [-0.15, -0.1) is 10.2 Å². The van der Waals surface area contributed by atoms with Crippen molar-refractivity contribution < 1.29 is 9.52 Å². The van der Waals surface area contributed by atoms with Gasteiger partial charge in [0.15, 0.2) is 0 Å². The van der Waals surface area contributed by atoms with E-state index in [0.717, 1.165) is 5.56 Å². The molecule has 0 aliphatic rings. The third-order valence-electron chi connectivity index (χ3n) is 2.17. The first kappa shape index (κ1) is 11.4. The smallest absolute Gasteiger partial charge is 0.260 e. The summed E-state index contributed by atoms with van der Waals surface area (Å²) in [6, 6.07) is 9.40. The first-order chi connectivity index (χ1) is 8.08. The molecule has 0 aliphatic carbocycles. The summed E-state index contributed by atoms with van der Waals surface area (Å²) in [4.78, 5) is 0. The van der Waals surface area contributed by atoms with Crippen LogP contribution in [0.2, 0.25) is 0 Å². The summed E-state index contributed by atoms with van der Waals surface area (Å²) in [6.45, 7) is 3.19. The zero-order valence-corrected chi connectivity index (χ0v) is 9.64. The van der Waals surface area contributed by atoms with Crippen LogP contribution in [0, 0.1) is 18.8 Å². The number of nitrogens with zero attached hydrogens (tertiary/aromatic N) is 2. The van der Waals surface area contributed by atoms with Crippen LogP contribution in [0.1, 0.15) is 24.3 Å². The number of benzene rings is 1. The van der Waals surface area contributed by atoms with Crippen molar-refractivity contribution in [2.75, 3.05) is 0 Å². The molecule has 0 saturated heterocycles. The zero-order valence-electron chi connectivity index (χ0n) is 9.64. The maximum absolute atomic E-state index is 10.1.